The number of hydrogen-bond acceptors (Lipinski definition) is 10. The van der Waals surface area contributed by atoms with Gasteiger partial charge in [0.25, 0.3) is 5.91 Å². The van der Waals surface area contributed by atoms with Crippen LogP contribution in [0.4, 0.5) is 27.1 Å². The number of amides is 2. The molecule has 11 nitrogen and oxygen atoms in total. The SMILES string of the molecule is CC(C)c1ccc2c(Nc3cc(C(=O)Nc4nncs4)ccc3Sc3ccc(NC(=O)O)cc3)ncnc2n1. The maximum absolute atomic E-state index is 12.9. The molecular formula is C26H22N8O3S2. The van der Waals surface area contributed by atoms with Crippen molar-refractivity contribution in [1.82, 2.24) is 25.1 Å². The van der Waals surface area contributed by atoms with E-state index in [0.717, 1.165) is 20.9 Å². The van der Waals surface area contributed by atoms with E-state index in [1.54, 1.807) is 29.8 Å². The Balaban J connectivity index is 1.49. The molecule has 0 unspecified atom stereocenters. The van der Waals surface area contributed by atoms with Gasteiger partial charge in [0, 0.05) is 26.7 Å². The second-order valence-corrected chi connectivity index (χ2v) is 10.5. The number of carbonyl (C=O) groups excluding carboxylic acids is 1. The van der Waals surface area contributed by atoms with Gasteiger partial charge < -0.3 is 10.4 Å². The molecule has 0 atom stereocenters. The number of aromatic nitrogens is 5. The Bertz CT molecular complexity index is 1640. The summed E-state index contributed by atoms with van der Waals surface area (Å²) in [5.41, 5.74) is 4.56. The Hall–Kier alpha value is -4.62. The van der Waals surface area contributed by atoms with Gasteiger partial charge in [-0.3, -0.25) is 15.4 Å². The van der Waals surface area contributed by atoms with Crippen molar-refractivity contribution in [2.75, 3.05) is 16.0 Å². The molecule has 0 bridgehead atoms. The smallest absolute Gasteiger partial charge is 0.409 e. The minimum absolute atomic E-state index is 0.254. The minimum Gasteiger partial charge on any atom is -0.465 e. The van der Waals surface area contributed by atoms with Crippen LogP contribution in [0.25, 0.3) is 11.0 Å². The number of hydrogen-bond donors (Lipinski definition) is 4. The van der Waals surface area contributed by atoms with Gasteiger partial charge in [-0.25, -0.2) is 19.7 Å². The van der Waals surface area contributed by atoms with Crippen LogP contribution in [0.1, 0.15) is 35.8 Å². The Morgan fingerprint density at radius 1 is 1.00 bits per heavy atom. The average molecular weight is 559 g/mol. The fourth-order valence-electron chi connectivity index (χ4n) is 3.62. The zero-order valence-corrected chi connectivity index (χ0v) is 22.4. The number of fused-ring (bicyclic) bond motifs is 1. The lowest BCUT2D eigenvalue weighted by atomic mass is 10.1. The highest BCUT2D eigenvalue weighted by atomic mass is 32.2. The lowest BCUT2D eigenvalue weighted by Crippen LogP contribution is -2.12. The van der Waals surface area contributed by atoms with Gasteiger partial charge in [0.05, 0.1) is 11.1 Å². The van der Waals surface area contributed by atoms with E-state index in [1.165, 1.54) is 29.4 Å². The highest BCUT2D eigenvalue weighted by molar-refractivity contribution is 7.99. The van der Waals surface area contributed by atoms with Crippen molar-refractivity contribution in [3.05, 3.63) is 77.7 Å². The Morgan fingerprint density at radius 3 is 2.54 bits per heavy atom. The number of benzene rings is 2. The van der Waals surface area contributed by atoms with Crippen LogP contribution >= 0.6 is 23.1 Å². The molecule has 0 saturated carbocycles. The van der Waals surface area contributed by atoms with E-state index in [2.05, 4.69) is 54.9 Å². The first-order valence-corrected chi connectivity index (χ1v) is 13.4. The molecule has 196 valence electrons. The second kappa shape index (κ2) is 11.4. The fourth-order valence-corrected chi connectivity index (χ4v) is 4.94. The summed E-state index contributed by atoms with van der Waals surface area (Å²) in [4.78, 5) is 39.0. The van der Waals surface area contributed by atoms with Crippen molar-refractivity contribution in [2.24, 2.45) is 0 Å². The summed E-state index contributed by atoms with van der Waals surface area (Å²) in [5.74, 6) is 0.475. The van der Waals surface area contributed by atoms with Crippen LogP contribution in [0.2, 0.25) is 0 Å². The molecular weight excluding hydrogens is 536 g/mol. The molecule has 39 heavy (non-hydrogen) atoms. The Kier molecular flexibility index (Phi) is 7.61. The van der Waals surface area contributed by atoms with Gasteiger partial charge in [0.2, 0.25) is 5.13 Å². The van der Waals surface area contributed by atoms with Crippen LogP contribution in [-0.4, -0.2) is 42.3 Å². The van der Waals surface area contributed by atoms with Gasteiger partial charge in [-0.1, -0.05) is 36.9 Å². The van der Waals surface area contributed by atoms with Crippen LogP contribution in [0.5, 0.6) is 0 Å². The van der Waals surface area contributed by atoms with E-state index in [4.69, 9.17) is 5.11 Å². The third-order valence-corrected chi connectivity index (χ3v) is 7.21. The molecule has 2 aromatic carbocycles. The zero-order chi connectivity index (χ0) is 27.4. The molecule has 3 aromatic heterocycles. The normalized spacial score (nSPS) is 10.9. The van der Waals surface area contributed by atoms with Gasteiger partial charge in [-0.05, 0) is 60.5 Å². The lowest BCUT2D eigenvalue weighted by Gasteiger charge is -2.15. The van der Waals surface area contributed by atoms with Gasteiger partial charge in [0.1, 0.15) is 17.7 Å². The molecule has 0 saturated heterocycles. The number of nitrogens with one attached hydrogen (secondary N) is 3. The third kappa shape index (κ3) is 6.27. The summed E-state index contributed by atoms with van der Waals surface area (Å²) < 4.78 is 0. The molecule has 0 aliphatic heterocycles. The zero-order valence-electron chi connectivity index (χ0n) is 20.7. The van der Waals surface area contributed by atoms with Gasteiger partial charge in [-0.15, -0.1) is 10.2 Å². The summed E-state index contributed by atoms with van der Waals surface area (Å²) >= 11 is 2.68. The third-order valence-electron chi connectivity index (χ3n) is 5.52. The topological polar surface area (TPSA) is 155 Å². The average Bonchev–Trinajstić information content (AvgIpc) is 3.43. The van der Waals surface area contributed by atoms with Crippen molar-refractivity contribution >= 4 is 68.5 Å². The molecule has 3 heterocycles. The quantitative estimate of drug-likeness (QED) is 0.172. The number of anilines is 4. The fraction of sp³-hybridized carbons (Fsp3) is 0.115. The Labute approximate surface area is 231 Å². The molecule has 13 heteroatoms. The summed E-state index contributed by atoms with van der Waals surface area (Å²) in [5, 5.41) is 26.1. The standard InChI is InChI=1S/C26H22N8O3S2/c1-14(2)19-9-8-18-22(31-19)27-12-28-23(18)32-20-11-15(24(35)33-25-34-29-13-38-25)3-10-21(20)39-17-6-4-16(5-7-17)30-26(36)37/h3-14,30H,1-2H3,(H,36,37)(H,33,34,35)(H,27,28,31,32). The maximum atomic E-state index is 12.9. The first-order valence-electron chi connectivity index (χ1n) is 11.7. The summed E-state index contributed by atoms with van der Waals surface area (Å²) in [6, 6.07) is 16.2. The van der Waals surface area contributed by atoms with E-state index < -0.39 is 6.09 Å². The van der Waals surface area contributed by atoms with Crippen LogP contribution in [0, 0.1) is 0 Å². The Morgan fingerprint density at radius 2 is 1.82 bits per heavy atom. The molecule has 0 aliphatic carbocycles. The van der Waals surface area contributed by atoms with Crippen molar-refractivity contribution in [1.29, 1.82) is 0 Å². The number of nitrogens with zero attached hydrogens (tertiary/aromatic N) is 5. The predicted molar refractivity (Wildman–Crippen MR) is 151 cm³/mol. The first-order chi connectivity index (χ1) is 18.9. The molecule has 0 aliphatic rings. The number of carbonyl (C=O) groups is 2. The van der Waals surface area contributed by atoms with E-state index in [9.17, 15) is 9.59 Å². The van der Waals surface area contributed by atoms with E-state index in [-0.39, 0.29) is 11.8 Å². The van der Waals surface area contributed by atoms with Crippen molar-refractivity contribution in [2.45, 2.75) is 29.6 Å². The lowest BCUT2D eigenvalue weighted by molar-refractivity contribution is 0.102. The molecule has 5 aromatic rings. The summed E-state index contributed by atoms with van der Waals surface area (Å²) in [6.45, 7) is 4.14. The van der Waals surface area contributed by atoms with Gasteiger partial charge in [0.15, 0.2) is 5.65 Å². The highest BCUT2D eigenvalue weighted by Gasteiger charge is 2.15. The van der Waals surface area contributed by atoms with Crippen molar-refractivity contribution in [3.63, 3.8) is 0 Å². The highest BCUT2D eigenvalue weighted by Crippen LogP contribution is 2.37. The molecule has 4 N–H and O–H groups in total. The molecule has 0 fully saturated rings. The number of pyridine rings is 1. The van der Waals surface area contributed by atoms with Gasteiger partial charge >= 0.3 is 6.09 Å². The maximum Gasteiger partial charge on any atom is 0.409 e. The first kappa shape index (κ1) is 26.0. The second-order valence-electron chi connectivity index (χ2n) is 8.57. The van der Waals surface area contributed by atoms with Crippen LogP contribution in [0.3, 0.4) is 0 Å². The summed E-state index contributed by atoms with van der Waals surface area (Å²) in [7, 11) is 0. The van der Waals surface area contributed by atoms with Gasteiger partial charge in [-0.2, -0.15) is 0 Å². The van der Waals surface area contributed by atoms with Crippen LogP contribution < -0.4 is 16.0 Å². The molecule has 0 spiro atoms. The van der Waals surface area contributed by atoms with Crippen LogP contribution in [-0.2, 0) is 0 Å². The van der Waals surface area contributed by atoms with E-state index in [1.807, 2.05) is 30.3 Å². The summed E-state index contributed by atoms with van der Waals surface area (Å²) in [6.07, 6.45) is 0.325. The predicted octanol–water partition coefficient (Wildman–Crippen LogP) is 6.24. The number of carboxylic acid groups (broad SMARTS) is 1. The molecule has 0 radical (unpaired) electrons. The monoisotopic (exact) mass is 558 g/mol. The van der Waals surface area contributed by atoms with Crippen molar-refractivity contribution in [3.8, 4) is 0 Å². The number of rotatable bonds is 8. The minimum atomic E-state index is -1.13. The molecule has 5 rings (SSSR count). The van der Waals surface area contributed by atoms with E-state index >= 15 is 0 Å². The largest absolute Gasteiger partial charge is 0.465 e. The van der Waals surface area contributed by atoms with E-state index in [0.29, 0.717) is 33.5 Å². The molecule has 2 amide bonds. The van der Waals surface area contributed by atoms with Crippen LogP contribution in [0.15, 0.2) is 76.2 Å². The van der Waals surface area contributed by atoms with Crippen molar-refractivity contribution < 1.29 is 14.7 Å².